The summed E-state index contributed by atoms with van der Waals surface area (Å²) in [7, 11) is -10.5. The van der Waals surface area contributed by atoms with Crippen molar-refractivity contribution in [2.45, 2.75) is 51.9 Å². The van der Waals surface area contributed by atoms with E-state index < -0.39 is 41.1 Å². The predicted molar refractivity (Wildman–Crippen MR) is 79.9 cm³/mol. The standard InChI is InChI=1S/C9H26O5SSi3.Na/c1-16(2,3)13-18(7,14-17(4,5)6)9-8-15(10,11)12;/h8-9H2,1-7H3,(H,10,11,12);/q;+1/p-1. The monoisotopic (exact) mass is 352 g/mol. The summed E-state index contributed by atoms with van der Waals surface area (Å²) in [5.41, 5.74) is 0. The van der Waals surface area contributed by atoms with E-state index in [9.17, 15) is 13.0 Å². The van der Waals surface area contributed by atoms with Gasteiger partial charge in [0.15, 0.2) is 16.6 Å². The Hall–Kier alpha value is 1.48. The first-order valence-corrected chi connectivity index (χ1v) is 16.9. The van der Waals surface area contributed by atoms with Crippen LogP contribution in [0.5, 0.6) is 0 Å². The van der Waals surface area contributed by atoms with E-state index in [1.54, 1.807) is 0 Å². The molecule has 0 spiro atoms. The molecule has 0 N–H and O–H groups in total. The van der Waals surface area contributed by atoms with E-state index in [0.717, 1.165) is 0 Å². The van der Waals surface area contributed by atoms with Gasteiger partial charge in [0.1, 0.15) is 0 Å². The fourth-order valence-corrected chi connectivity index (χ4v) is 15.9. The van der Waals surface area contributed by atoms with Crippen LogP contribution in [0.2, 0.25) is 51.9 Å². The summed E-state index contributed by atoms with van der Waals surface area (Å²) in [5.74, 6) is -0.398. The van der Waals surface area contributed by atoms with Gasteiger partial charge in [-0.1, -0.05) is 0 Å². The molecule has 0 fully saturated rings. The Balaban J connectivity index is 0. The quantitative estimate of drug-likeness (QED) is 0.448. The van der Waals surface area contributed by atoms with Gasteiger partial charge >= 0.3 is 38.1 Å². The minimum Gasteiger partial charge on any atom is -0.748 e. The molecule has 0 rings (SSSR count). The number of rotatable bonds is 7. The predicted octanol–water partition coefficient (Wildman–Crippen LogP) is -0.689. The summed E-state index contributed by atoms with van der Waals surface area (Å²) < 4.78 is 44.5. The SMILES string of the molecule is C[Si](C)(C)O[Si](C)(CCS(=O)(=O)[O-])O[Si](C)(C)C.[Na+]. The molecule has 0 heterocycles. The molecule has 0 saturated heterocycles. The van der Waals surface area contributed by atoms with Crippen LogP contribution < -0.4 is 29.6 Å². The Labute approximate surface area is 143 Å². The van der Waals surface area contributed by atoms with Crippen LogP contribution in [0.25, 0.3) is 0 Å². The Morgan fingerprint density at radius 3 is 1.42 bits per heavy atom. The van der Waals surface area contributed by atoms with E-state index in [2.05, 4.69) is 0 Å². The van der Waals surface area contributed by atoms with Crippen LogP contribution in [0.1, 0.15) is 0 Å². The molecule has 0 aromatic rings. The molecule has 0 aliphatic heterocycles. The third kappa shape index (κ3) is 14.2. The Kier molecular flexibility index (Phi) is 9.17. The smallest absolute Gasteiger partial charge is 0.748 e. The van der Waals surface area contributed by atoms with E-state index in [0.29, 0.717) is 0 Å². The fraction of sp³-hybridized carbons (Fsp3) is 1.00. The molecule has 0 atom stereocenters. The second-order valence-electron chi connectivity index (χ2n) is 6.57. The Morgan fingerprint density at radius 1 is 0.895 bits per heavy atom. The van der Waals surface area contributed by atoms with Gasteiger partial charge in [0.05, 0.1) is 10.1 Å². The second-order valence-corrected chi connectivity index (χ2v) is 20.9. The molecule has 0 amide bonds. The summed E-state index contributed by atoms with van der Waals surface area (Å²) in [6, 6.07) is 0.216. The minimum absolute atomic E-state index is 0. The summed E-state index contributed by atoms with van der Waals surface area (Å²) >= 11 is 0. The summed E-state index contributed by atoms with van der Waals surface area (Å²) in [4.78, 5) is 0. The van der Waals surface area contributed by atoms with Gasteiger partial charge in [0.25, 0.3) is 0 Å². The molecule has 5 nitrogen and oxygen atoms in total. The first kappa shape index (κ1) is 22.8. The van der Waals surface area contributed by atoms with Gasteiger partial charge in [-0.05, 0) is 45.8 Å². The van der Waals surface area contributed by atoms with Crippen molar-refractivity contribution in [1.29, 1.82) is 0 Å². The van der Waals surface area contributed by atoms with Crippen LogP contribution in [0.3, 0.4) is 0 Å². The molecule has 19 heavy (non-hydrogen) atoms. The van der Waals surface area contributed by atoms with E-state index in [1.165, 1.54) is 0 Å². The van der Waals surface area contributed by atoms with Crippen molar-refractivity contribution >= 4 is 35.3 Å². The molecular weight excluding hydrogens is 327 g/mol. The van der Waals surface area contributed by atoms with Crippen molar-refractivity contribution in [3.05, 3.63) is 0 Å². The van der Waals surface area contributed by atoms with Gasteiger partial charge in [-0.25, -0.2) is 8.42 Å². The molecule has 0 bridgehead atoms. The molecule has 0 aromatic heterocycles. The van der Waals surface area contributed by atoms with Gasteiger partial charge in [-0.15, -0.1) is 0 Å². The van der Waals surface area contributed by atoms with Crippen LogP contribution >= 0.6 is 0 Å². The van der Waals surface area contributed by atoms with Crippen LogP contribution in [0, 0.1) is 0 Å². The van der Waals surface area contributed by atoms with Crippen molar-refractivity contribution in [1.82, 2.24) is 0 Å². The molecule has 0 saturated carbocycles. The topological polar surface area (TPSA) is 75.7 Å². The Bertz CT molecular complexity index is 358. The van der Waals surface area contributed by atoms with Gasteiger partial charge in [-0.2, -0.15) is 0 Å². The first-order chi connectivity index (χ1) is 7.62. The third-order valence-electron chi connectivity index (χ3n) is 1.85. The average Bonchev–Trinajstić information content (AvgIpc) is 1.91. The third-order valence-corrected chi connectivity index (χ3v) is 12.4. The summed E-state index contributed by atoms with van der Waals surface area (Å²) in [6.07, 6.45) is 0. The summed E-state index contributed by atoms with van der Waals surface area (Å²) in [6.45, 7) is 14.1. The molecule has 10 heteroatoms. The van der Waals surface area contributed by atoms with Gasteiger partial charge in [0, 0.05) is 11.8 Å². The molecule has 110 valence electrons. The van der Waals surface area contributed by atoms with Crippen molar-refractivity contribution < 1.29 is 50.8 Å². The zero-order valence-electron chi connectivity index (χ0n) is 13.4. The zero-order valence-corrected chi connectivity index (χ0v) is 19.2. The number of hydrogen-bond donors (Lipinski definition) is 0. The largest absolute Gasteiger partial charge is 1.00 e. The van der Waals surface area contributed by atoms with Gasteiger partial charge in [-0.3, -0.25) is 0 Å². The van der Waals surface area contributed by atoms with Gasteiger partial charge < -0.3 is 12.8 Å². The number of hydrogen-bond acceptors (Lipinski definition) is 5. The molecular formula is C9H25NaO5SSi3. The van der Waals surface area contributed by atoms with Crippen LogP contribution in [0.4, 0.5) is 0 Å². The van der Waals surface area contributed by atoms with Crippen molar-refractivity contribution in [3.8, 4) is 0 Å². The van der Waals surface area contributed by atoms with E-state index in [-0.39, 0.29) is 35.6 Å². The van der Waals surface area contributed by atoms with Gasteiger partial charge in [0.2, 0.25) is 0 Å². The average molecular weight is 353 g/mol. The van der Waals surface area contributed by atoms with Crippen molar-refractivity contribution in [2.24, 2.45) is 0 Å². The van der Waals surface area contributed by atoms with E-state index in [4.69, 9.17) is 8.23 Å². The molecule has 0 aliphatic rings. The van der Waals surface area contributed by atoms with E-state index >= 15 is 0 Å². The van der Waals surface area contributed by atoms with Crippen LogP contribution in [-0.2, 0) is 18.3 Å². The summed E-state index contributed by atoms with van der Waals surface area (Å²) in [5, 5.41) is 0. The van der Waals surface area contributed by atoms with Crippen LogP contribution in [0.15, 0.2) is 0 Å². The van der Waals surface area contributed by atoms with Crippen LogP contribution in [-0.4, -0.2) is 43.9 Å². The normalized spacial score (nSPS) is 14.1. The van der Waals surface area contributed by atoms with Crippen molar-refractivity contribution in [3.63, 3.8) is 0 Å². The molecule has 0 aliphatic carbocycles. The fourth-order valence-electron chi connectivity index (χ4n) is 1.73. The van der Waals surface area contributed by atoms with E-state index in [1.807, 2.05) is 45.8 Å². The minimum atomic E-state index is -4.21. The zero-order chi connectivity index (χ0) is 14.8. The van der Waals surface area contributed by atoms with Crippen molar-refractivity contribution in [2.75, 3.05) is 5.75 Å². The Morgan fingerprint density at radius 2 is 1.21 bits per heavy atom. The maximum Gasteiger partial charge on any atom is 1.00 e. The maximum absolute atomic E-state index is 10.8. The maximum atomic E-state index is 10.8. The second kappa shape index (κ2) is 7.66. The molecule has 0 unspecified atom stereocenters. The molecule has 0 radical (unpaired) electrons. The first-order valence-electron chi connectivity index (χ1n) is 5.96. The molecule has 0 aromatic carbocycles.